The van der Waals surface area contributed by atoms with Crippen molar-refractivity contribution in [3.8, 4) is 0 Å². The van der Waals surface area contributed by atoms with Crippen molar-refractivity contribution in [2.45, 2.75) is 26.7 Å². The first-order valence-electron chi connectivity index (χ1n) is 3.52. The van der Waals surface area contributed by atoms with Crippen molar-refractivity contribution in [3.63, 3.8) is 0 Å². The Balaban J connectivity index is 3.27. The summed E-state index contributed by atoms with van der Waals surface area (Å²) in [7, 11) is 0. The molecule has 0 aliphatic rings. The molecule has 0 radical (unpaired) electrons. The third-order valence-electron chi connectivity index (χ3n) is 1.02. The Labute approximate surface area is 72.2 Å². The van der Waals surface area contributed by atoms with E-state index < -0.39 is 15.9 Å². The zero-order chi connectivity index (χ0) is 8.69. The van der Waals surface area contributed by atoms with Gasteiger partial charge in [-0.25, -0.2) is 0 Å². The highest BCUT2D eigenvalue weighted by Crippen LogP contribution is 1.85. The van der Waals surface area contributed by atoms with Crippen LogP contribution in [0.5, 0.6) is 0 Å². The number of hydrogen-bond acceptors (Lipinski definition) is 4. The SMILES string of the molecule is CCC(=O)[O][AlH][O]C(=O)CC. The third kappa shape index (κ3) is 5.89. The molecule has 0 saturated carbocycles. The monoisotopic (exact) mass is 174 g/mol. The molecule has 0 amide bonds. The lowest BCUT2D eigenvalue weighted by Crippen LogP contribution is -2.14. The van der Waals surface area contributed by atoms with Gasteiger partial charge in [0, 0.05) is 12.8 Å². The number of carbonyl (C=O) groups excluding carboxylic acids is 2. The van der Waals surface area contributed by atoms with E-state index >= 15 is 0 Å². The Morgan fingerprint density at radius 1 is 1.09 bits per heavy atom. The fourth-order valence-electron chi connectivity index (χ4n) is 0.365. The molecule has 62 valence electrons. The molecular formula is C6H11AlO4. The molecule has 5 heteroatoms. The molecule has 0 fully saturated rings. The number of rotatable bonds is 4. The number of hydrogen-bond donors (Lipinski definition) is 0. The van der Waals surface area contributed by atoms with Gasteiger partial charge in [0.05, 0.1) is 0 Å². The van der Waals surface area contributed by atoms with E-state index in [1.807, 2.05) is 0 Å². The molecule has 0 heterocycles. The van der Waals surface area contributed by atoms with E-state index in [1.165, 1.54) is 0 Å². The van der Waals surface area contributed by atoms with Gasteiger partial charge in [-0.05, 0) is 0 Å². The van der Waals surface area contributed by atoms with Crippen LogP contribution in [0.15, 0.2) is 0 Å². The minimum absolute atomic E-state index is 0.305. The largest absolute Gasteiger partial charge is 0.836 e. The summed E-state index contributed by atoms with van der Waals surface area (Å²) in [4.78, 5) is 21.0. The van der Waals surface area contributed by atoms with Crippen LogP contribution in [0.3, 0.4) is 0 Å². The molecule has 0 unspecified atom stereocenters. The summed E-state index contributed by atoms with van der Waals surface area (Å²) in [6, 6.07) is 0. The summed E-state index contributed by atoms with van der Waals surface area (Å²) in [6.07, 6.45) is 0.660. The molecule has 0 N–H and O–H groups in total. The summed E-state index contributed by atoms with van der Waals surface area (Å²) in [6.45, 7) is 3.39. The van der Waals surface area contributed by atoms with Gasteiger partial charge < -0.3 is 7.58 Å². The summed E-state index contributed by atoms with van der Waals surface area (Å²) in [5.41, 5.74) is 0. The summed E-state index contributed by atoms with van der Waals surface area (Å²) >= 11 is -1.40. The topological polar surface area (TPSA) is 52.6 Å². The third-order valence-corrected chi connectivity index (χ3v) is 1.90. The van der Waals surface area contributed by atoms with Crippen molar-refractivity contribution >= 4 is 27.8 Å². The summed E-state index contributed by atoms with van der Waals surface area (Å²) in [5.74, 6) is -0.610. The maximum Gasteiger partial charge on any atom is 0.836 e. The second kappa shape index (κ2) is 6.20. The zero-order valence-electron chi connectivity index (χ0n) is 6.75. The van der Waals surface area contributed by atoms with Gasteiger partial charge in [0.15, 0.2) is 0 Å². The zero-order valence-corrected chi connectivity index (χ0v) is 8.17. The molecule has 0 rings (SSSR count). The van der Waals surface area contributed by atoms with Gasteiger partial charge in [0.2, 0.25) is 0 Å². The highest BCUT2D eigenvalue weighted by Gasteiger charge is 2.08. The van der Waals surface area contributed by atoms with Gasteiger partial charge in [-0.3, -0.25) is 9.59 Å². The van der Waals surface area contributed by atoms with Crippen molar-refractivity contribution in [1.29, 1.82) is 0 Å². The van der Waals surface area contributed by atoms with Crippen molar-refractivity contribution in [2.24, 2.45) is 0 Å². The molecule has 0 aromatic carbocycles. The first-order valence-corrected chi connectivity index (χ1v) is 4.67. The fourth-order valence-corrected chi connectivity index (χ4v) is 1.10. The summed E-state index contributed by atoms with van der Waals surface area (Å²) in [5, 5.41) is 0. The van der Waals surface area contributed by atoms with Gasteiger partial charge in [-0.15, -0.1) is 0 Å². The standard InChI is InChI=1S/2C3H6O2.Al.H/c2*1-2-3(4)5;;/h2*2H2,1H3,(H,4,5);;/q;;+2;/p-2. The minimum Gasteiger partial charge on any atom is -0.588 e. The molecule has 0 bridgehead atoms. The van der Waals surface area contributed by atoms with Crippen LogP contribution < -0.4 is 0 Å². The van der Waals surface area contributed by atoms with E-state index in [0.717, 1.165) is 0 Å². The molecule has 0 aliphatic carbocycles. The average molecular weight is 174 g/mol. The molecule has 4 nitrogen and oxygen atoms in total. The first-order chi connectivity index (χ1) is 5.20. The maximum absolute atomic E-state index is 10.5. The van der Waals surface area contributed by atoms with Crippen molar-refractivity contribution < 1.29 is 17.2 Å². The van der Waals surface area contributed by atoms with E-state index in [2.05, 4.69) is 7.58 Å². The maximum atomic E-state index is 10.5. The smallest absolute Gasteiger partial charge is 0.588 e. The predicted molar refractivity (Wildman–Crippen MR) is 39.9 cm³/mol. The second-order valence-electron chi connectivity index (χ2n) is 1.86. The molecular weight excluding hydrogens is 163 g/mol. The second-order valence-corrected chi connectivity index (χ2v) is 2.67. The van der Waals surface area contributed by atoms with Crippen LogP contribution in [0.4, 0.5) is 0 Å². The summed E-state index contributed by atoms with van der Waals surface area (Å²) < 4.78 is 9.24. The van der Waals surface area contributed by atoms with Crippen LogP contribution in [-0.4, -0.2) is 27.8 Å². The Morgan fingerprint density at radius 2 is 1.45 bits per heavy atom. The van der Waals surface area contributed by atoms with E-state index in [1.54, 1.807) is 13.8 Å². The van der Waals surface area contributed by atoms with Crippen LogP contribution in [0.25, 0.3) is 0 Å². The molecule has 0 spiro atoms. The lowest BCUT2D eigenvalue weighted by atomic mass is 10.5. The van der Waals surface area contributed by atoms with Crippen LogP contribution in [0.1, 0.15) is 26.7 Å². The Morgan fingerprint density at radius 3 is 1.73 bits per heavy atom. The predicted octanol–water partition coefficient (Wildman–Crippen LogP) is 0.159. The quantitative estimate of drug-likeness (QED) is 0.569. The molecule has 0 aromatic heterocycles. The molecule has 11 heavy (non-hydrogen) atoms. The van der Waals surface area contributed by atoms with Crippen LogP contribution in [-0.2, 0) is 17.2 Å². The average Bonchev–Trinajstić information content (AvgIpc) is 2.04. The Bertz CT molecular complexity index is 130. The minimum atomic E-state index is -1.40. The molecule has 0 aromatic rings. The molecule has 0 saturated heterocycles. The van der Waals surface area contributed by atoms with Crippen molar-refractivity contribution in [3.05, 3.63) is 0 Å². The first kappa shape index (κ1) is 10.5. The van der Waals surface area contributed by atoms with E-state index in [0.29, 0.717) is 12.8 Å². The van der Waals surface area contributed by atoms with E-state index in [4.69, 9.17) is 0 Å². The fraction of sp³-hybridized carbons (Fsp3) is 0.667. The van der Waals surface area contributed by atoms with Crippen LogP contribution in [0.2, 0.25) is 0 Å². The van der Waals surface area contributed by atoms with Crippen molar-refractivity contribution in [2.75, 3.05) is 0 Å². The lowest BCUT2D eigenvalue weighted by molar-refractivity contribution is -0.138. The van der Waals surface area contributed by atoms with Gasteiger partial charge in [-0.1, -0.05) is 13.8 Å². The lowest BCUT2D eigenvalue weighted by Gasteiger charge is -2.02. The van der Waals surface area contributed by atoms with Gasteiger partial charge in [0.25, 0.3) is 11.9 Å². The molecule has 0 aliphatic heterocycles. The van der Waals surface area contributed by atoms with Gasteiger partial charge >= 0.3 is 15.9 Å². The Kier molecular flexibility index (Phi) is 5.90. The Hall–Kier alpha value is -0.528. The van der Waals surface area contributed by atoms with Crippen molar-refractivity contribution in [1.82, 2.24) is 0 Å². The van der Waals surface area contributed by atoms with E-state index in [-0.39, 0.29) is 11.9 Å². The number of carbonyl (C=O) groups is 2. The molecule has 0 atom stereocenters. The van der Waals surface area contributed by atoms with E-state index in [9.17, 15) is 9.59 Å². The highest BCUT2D eigenvalue weighted by atomic mass is 27.2. The van der Waals surface area contributed by atoms with Gasteiger partial charge in [-0.2, -0.15) is 0 Å². The normalized spacial score (nSPS) is 8.55. The van der Waals surface area contributed by atoms with Crippen LogP contribution >= 0.6 is 0 Å². The van der Waals surface area contributed by atoms with Gasteiger partial charge in [0.1, 0.15) is 0 Å². The highest BCUT2D eigenvalue weighted by molar-refractivity contribution is 6.25. The van der Waals surface area contributed by atoms with Crippen LogP contribution in [0, 0.1) is 0 Å².